The van der Waals surface area contributed by atoms with Crippen LogP contribution in [0.4, 0.5) is 10.1 Å². The predicted octanol–water partition coefficient (Wildman–Crippen LogP) is 3.30. The van der Waals surface area contributed by atoms with Crippen molar-refractivity contribution in [1.29, 1.82) is 0 Å². The minimum Gasteiger partial charge on any atom is -0.486 e. The molecule has 2 aromatic rings. The highest BCUT2D eigenvalue weighted by molar-refractivity contribution is 5.44. The molecule has 3 heteroatoms. The van der Waals surface area contributed by atoms with Gasteiger partial charge in [0.15, 0.2) is 11.6 Å². The summed E-state index contributed by atoms with van der Waals surface area (Å²) in [6.45, 7) is 2.30. The maximum Gasteiger partial charge on any atom is 0.165 e. The van der Waals surface area contributed by atoms with Crippen molar-refractivity contribution in [3.63, 3.8) is 0 Å². The largest absolute Gasteiger partial charge is 0.486 e. The van der Waals surface area contributed by atoms with Crippen molar-refractivity contribution >= 4 is 5.69 Å². The number of anilines is 1. The van der Waals surface area contributed by atoms with Crippen LogP contribution in [0.25, 0.3) is 0 Å². The van der Waals surface area contributed by atoms with Gasteiger partial charge in [0.2, 0.25) is 0 Å². The van der Waals surface area contributed by atoms with E-state index in [0.717, 1.165) is 16.8 Å². The Hall–Kier alpha value is -2.03. The minimum atomic E-state index is -0.347. The lowest BCUT2D eigenvalue weighted by molar-refractivity contribution is 0.289. The summed E-state index contributed by atoms with van der Waals surface area (Å²) in [4.78, 5) is 0. The van der Waals surface area contributed by atoms with Crippen molar-refractivity contribution in [2.45, 2.75) is 13.5 Å². The van der Waals surface area contributed by atoms with E-state index in [2.05, 4.69) is 0 Å². The zero-order valence-corrected chi connectivity index (χ0v) is 9.61. The molecule has 0 saturated heterocycles. The molecule has 0 saturated carbocycles. The first-order valence-electron chi connectivity index (χ1n) is 5.39. The molecule has 0 unspecified atom stereocenters. The van der Waals surface area contributed by atoms with E-state index in [1.165, 1.54) is 6.07 Å². The van der Waals surface area contributed by atoms with Crippen molar-refractivity contribution < 1.29 is 9.13 Å². The number of para-hydroxylation sites is 1. The SMILES string of the molecule is Cc1cc(N)ccc1COc1ccccc1F. The smallest absolute Gasteiger partial charge is 0.165 e. The second-order valence-corrected chi connectivity index (χ2v) is 3.91. The van der Waals surface area contributed by atoms with Crippen LogP contribution in [0.3, 0.4) is 0 Å². The molecule has 0 aliphatic rings. The molecule has 0 aliphatic heterocycles. The van der Waals surface area contributed by atoms with Crippen molar-refractivity contribution in [2.75, 3.05) is 5.73 Å². The van der Waals surface area contributed by atoms with Crippen molar-refractivity contribution in [3.05, 3.63) is 59.4 Å². The van der Waals surface area contributed by atoms with E-state index in [9.17, 15) is 4.39 Å². The van der Waals surface area contributed by atoms with Gasteiger partial charge in [-0.2, -0.15) is 0 Å². The number of benzene rings is 2. The third-order valence-corrected chi connectivity index (χ3v) is 2.59. The van der Waals surface area contributed by atoms with Crippen LogP contribution in [0, 0.1) is 12.7 Å². The van der Waals surface area contributed by atoms with Crippen LogP contribution in [-0.2, 0) is 6.61 Å². The fourth-order valence-electron chi connectivity index (χ4n) is 1.60. The van der Waals surface area contributed by atoms with Gasteiger partial charge in [0.1, 0.15) is 6.61 Å². The van der Waals surface area contributed by atoms with Gasteiger partial charge in [0, 0.05) is 5.69 Å². The van der Waals surface area contributed by atoms with Gasteiger partial charge in [-0.3, -0.25) is 0 Å². The fourth-order valence-corrected chi connectivity index (χ4v) is 1.60. The molecule has 0 amide bonds. The molecule has 0 radical (unpaired) electrons. The molecule has 0 bridgehead atoms. The normalized spacial score (nSPS) is 10.2. The lowest BCUT2D eigenvalue weighted by Crippen LogP contribution is -2.00. The number of ether oxygens (including phenoxy) is 1. The van der Waals surface area contributed by atoms with E-state index in [-0.39, 0.29) is 11.6 Å². The van der Waals surface area contributed by atoms with Crippen LogP contribution in [0.2, 0.25) is 0 Å². The zero-order chi connectivity index (χ0) is 12.3. The Labute approximate surface area is 99.8 Å². The number of hydrogen-bond acceptors (Lipinski definition) is 2. The minimum absolute atomic E-state index is 0.267. The summed E-state index contributed by atoms with van der Waals surface area (Å²) in [6, 6.07) is 12.0. The molecule has 0 fully saturated rings. The molecule has 0 aromatic heterocycles. The molecule has 2 nitrogen and oxygen atoms in total. The van der Waals surface area contributed by atoms with Crippen molar-refractivity contribution in [1.82, 2.24) is 0 Å². The fraction of sp³-hybridized carbons (Fsp3) is 0.143. The Bertz CT molecular complexity index is 525. The summed E-state index contributed by atoms with van der Waals surface area (Å²) in [7, 11) is 0. The molecule has 0 aliphatic carbocycles. The first-order chi connectivity index (χ1) is 8.16. The van der Waals surface area contributed by atoms with E-state index in [0.29, 0.717) is 6.61 Å². The van der Waals surface area contributed by atoms with Crippen molar-refractivity contribution in [2.24, 2.45) is 0 Å². The van der Waals surface area contributed by atoms with E-state index in [1.807, 2.05) is 25.1 Å². The lowest BCUT2D eigenvalue weighted by Gasteiger charge is -2.09. The molecule has 2 rings (SSSR count). The molecule has 2 N–H and O–H groups in total. The van der Waals surface area contributed by atoms with Gasteiger partial charge in [-0.25, -0.2) is 4.39 Å². The van der Waals surface area contributed by atoms with Crippen LogP contribution < -0.4 is 10.5 Å². The molecule has 17 heavy (non-hydrogen) atoms. The molecular weight excluding hydrogens is 217 g/mol. The predicted molar refractivity (Wildman–Crippen MR) is 66.3 cm³/mol. The van der Waals surface area contributed by atoms with Crippen LogP contribution in [0.1, 0.15) is 11.1 Å². The topological polar surface area (TPSA) is 35.2 Å². The third-order valence-electron chi connectivity index (χ3n) is 2.59. The van der Waals surface area contributed by atoms with Gasteiger partial charge in [-0.1, -0.05) is 18.2 Å². The average Bonchev–Trinajstić information content (AvgIpc) is 2.30. The van der Waals surface area contributed by atoms with Gasteiger partial charge in [0.25, 0.3) is 0 Å². The standard InChI is InChI=1S/C14H14FNO/c1-10-8-12(16)7-6-11(10)9-17-14-5-3-2-4-13(14)15/h2-8H,9,16H2,1H3. The first-order valence-corrected chi connectivity index (χ1v) is 5.39. The highest BCUT2D eigenvalue weighted by Gasteiger charge is 2.03. The number of aryl methyl sites for hydroxylation is 1. The molecule has 0 heterocycles. The van der Waals surface area contributed by atoms with Gasteiger partial charge in [0.05, 0.1) is 0 Å². The maximum atomic E-state index is 13.3. The van der Waals surface area contributed by atoms with E-state index in [1.54, 1.807) is 18.2 Å². The maximum absolute atomic E-state index is 13.3. The molecule has 0 atom stereocenters. The average molecular weight is 231 g/mol. The third kappa shape index (κ3) is 2.75. The number of rotatable bonds is 3. The zero-order valence-electron chi connectivity index (χ0n) is 9.61. The number of nitrogens with two attached hydrogens (primary N) is 1. The van der Waals surface area contributed by atoms with Gasteiger partial charge >= 0.3 is 0 Å². The summed E-state index contributed by atoms with van der Waals surface area (Å²) in [5.41, 5.74) is 8.42. The highest BCUT2D eigenvalue weighted by Crippen LogP contribution is 2.19. The molecule has 2 aromatic carbocycles. The Morgan fingerprint density at radius 2 is 1.94 bits per heavy atom. The lowest BCUT2D eigenvalue weighted by atomic mass is 10.1. The Balaban J connectivity index is 2.10. The quantitative estimate of drug-likeness (QED) is 0.822. The number of hydrogen-bond donors (Lipinski definition) is 1. The second kappa shape index (κ2) is 4.87. The number of nitrogen functional groups attached to an aromatic ring is 1. The van der Waals surface area contributed by atoms with Gasteiger partial charge < -0.3 is 10.5 Å². The summed E-state index contributed by atoms with van der Waals surface area (Å²) >= 11 is 0. The monoisotopic (exact) mass is 231 g/mol. The highest BCUT2D eigenvalue weighted by atomic mass is 19.1. The molecular formula is C14H14FNO. The first kappa shape index (κ1) is 11.5. The second-order valence-electron chi connectivity index (χ2n) is 3.91. The Kier molecular flexibility index (Phi) is 3.28. The van der Waals surface area contributed by atoms with Crippen LogP contribution >= 0.6 is 0 Å². The Morgan fingerprint density at radius 3 is 2.65 bits per heavy atom. The van der Waals surface area contributed by atoms with Crippen LogP contribution in [-0.4, -0.2) is 0 Å². The Morgan fingerprint density at radius 1 is 1.18 bits per heavy atom. The summed E-state index contributed by atoms with van der Waals surface area (Å²) < 4.78 is 18.7. The summed E-state index contributed by atoms with van der Waals surface area (Å²) in [5.74, 6) is -0.0793. The van der Waals surface area contributed by atoms with E-state index in [4.69, 9.17) is 10.5 Å². The van der Waals surface area contributed by atoms with Gasteiger partial charge in [-0.05, 0) is 42.3 Å². The van der Waals surface area contributed by atoms with Gasteiger partial charge in [-0.15, -0.1) is 0 Å². The summed E-state index contributed by atoms with van der Waals surface area (Å²) in [5, 5.41) is 0. The van der Waals surface area contributed by atoms with Crippen molar-refractivity contribution in [3.8, 4) is 5.75 Å². The van der Waals surface area contributed by atoms with Crippen LogP contribution in [0.15, 0.2) is 42.5 Å². The van der Waals surface area contributed by atoms with Crippen LogP contribution in [0.5, 0.6) is 5.75 Å². The molecule has 0 spiro atoms. The van der Waals surface area contributed by atoms with E-state index < -0.39 is 0 Å². The number of halogens is 1. The summed E-state index contributed by atoms with van der Waals surface area (Å²) in [6.07, 6.45) is 0. The molecule has 88 valence electrons. The van der Waals surface area contributed by atoms with E-state index >= 15 is 0 Å².